The molecule has 2 aromatic rings. The van der Waals surface area contributed by atoms with Gasteiger partial charge in [-0.3, -0.25) is 0 Å². The van der Waals surface area contributed by atoms with E-state index in [0.717, 1.165) is 23.5 Å². The lowest BCUT2D eigenvalue weighted by Gasteiger charge is -2.07. The molecule has 0 unspecified atom stereocenters. The van der Waals surface area contributed by atoms with E-state index in [4.69, 9.17) is 10.5 Å². The third kappa shape index (κ3) is 3.11. The van der Waals surface area contributed by atoms with Crippen molar-refractivity contribution < 1.29 is 4.74 Å². The fourth-order valence-electron chi connectivity index (χ4n) is 1.44. The number of benzene rings is 1. The third-order valence-electron chi connectivity index (χ3n) is 2.41. The fraction of sp³-hybridized carbons (Fsp3) is 0.154. The first kappa shape index (κ1) is 11.3. The molecule has 4 heteroatoms. The van der Waals surface area contributed by atoms with Gasteiger partial charge in [-0.2, -0.15) is 0 Å². The highest BCUT2D eigenvalue weighted by molar-refractivity contribution is 5.51. The van der Waals surface area contributed by atoms with Gasteiger partial charge in [-0.25, -0.2) is 4.98 Å². The predicted octanol–water partition coefficient (Wildman–Crippen LogP) is 2.28. The van der Waals surface area contributed by atoms with Crippen molar-refractivity contribution in [2.24, 2.45) is 0 Å². The van der Waals surface area contributed by atoms with Gasteiger partial charge < -0.3 is 15.8 Å². The molecule has 17 heavy (non-hydrogen) atoms. The molecule has 0 saturated carbocycles. The van der Waals surface area contributed by atoms with Gasteiger partial charge in [0.2, 0.25) is 5.88 Å². The molecule has 0 aliphatic heterocycles. The molecule has 0 aliphatic rings. The summed E-state index contributed by atoms with van der Waals surface area (Å²) >= 11 is 0. The zero-order valence-corrected chi connectivity index (χ0v) is 9.68. The Morgan fingerprint density at radius 2 is 1.94 bits per heavy atom. The Hall–Kier alpha value is -2.23. The topological polar surface area (TPSA) is 60.2 Å². The van der Waals surface area contributed by atoms with Gasteiger partial charge in [0.25, 0.3) is 0 Å². The molecule has 0 saturated heterocycles. The van der Waals surface area contributed by atoms with Crippen LogP contribution in [0.3, 0.4) is 0 Å². The van der Waals surface area contributed by atoms with E-state index >= 15 is 0 Å². The van der Waals surface area contributed by atoms with Crippen LogP contribution in [0.5, 0.6) is 5.88 Å². The number of nitrogens with one attached hydrogen (secondary N) is 1. The normalized spacial score (nSPS) is 9.94. The van der Waals surface area contributed by atoms with Crippen molar-refractivity contribution in [3.05, 3.63) is 48.2 Å². The van der Waals surface area contributed by atoms with Crippen molar-refractivity contribution in [2.45, 2.75) is 6.54 Å². The second kappa shape index (κ2) is 5.21. The van der Waals surface area contributed by atoms with Gasteiger partial charge in [-0.15, -0.1) is 0 Å². The number of ether oxygens (including phenoxy) is 1. The molecular weight excluding hydrogens is 214 g/mol. The van der Waals surface area contributed by atoms with Crippen molar-refractivity contribution >= 4 is 11.4 Å². The van der Waals surface area contributed by atoms with Crippen LogP contribution < -0.4 is 15.8 Å². The summed E-state index contributed by atoms with van der Waals surface area (Å²) in [6, 6.07) is 11.5. The molecule has 0 spiro atoms. The molecule has 3 N–H and O–H groups in total. The summed E-state index contributed by atoms with van der Waals surface area (Å²) in [6.07, 6.45) is 1.79. The third-order valence-corrected chi connectivity index (χ3v) is 2.41. The maximum absolute atomic E-state index is 5.61. The van der Waals surface area contributed by atoms with Crippen LogP contribution in [0, 0.1) is 0 Å². The monoisotopic (exact) mass is 229 g/mol. The Kier molecular flexibility index (Phi) is 3.45. The SMILES string of the molecule is COc1ccc(CNc2ccc(N)cc2)cn1. The largest absolute Gasteiger partial charge is 0.481 e. The van der Waals surface area contributed by atoms with E-state index < -0.39 is 0 Å². The number of nitrogen functional groups attached to an aromatic ring is 1. The number of rotatable bonds is 4. The number of nitrogens with zero attached hydrogens (tertiary/aromatic N) is 1. The quantitative estimate of drug-likeness (QED) is 0.790. The predicted molar refractivity (Wildman–Crippen MR) is 69.0 cm³/mol. The Labute approximate surface area is 100 Å². The van der Waals surface area contributed by atoms with Gasteiger partial charge in [-0.05, 0) is 29.8 Å². The van der Waals surface area contributed by atoms with Crippen LogP contribution in [0.2, 0.25) is 0 Å². The first-order valence-electron chi connectivity index (χ1n) is 5.36. The van der Waals surface area contributed by atoms with Crippen molar-refractivity contribution in [2.75, 3.05) is 18.2 Å². The van der Waals surface area contributed by atoms with E-state index in [1.807, 2.05) is 36.4 Å². The molecule has 1 heterocycles. The van der Waals surface area contributed by atoms with Crippen LogP contribution in [-0.4, -0.2) is 12.1 Å². The van der Waals surface area contributed by atoms with E-state index in [1.54, 1.807) is 13.3 Å². The highest BCUT2D eigenvalue weighted by Gasteiger charge is 1.96. The van der Waals surface area contributed by atoms with E-state index in [1.165, 1.54) is 0 Å². The van der Waals surface area contributed by atoms with E-state index in [-0.39, 0.29) is 0 Å². The molecule has 0 amide bonds. The molecule has 0 bridgehead atoms. The molecule has 4 nitrogen and oxygen atoms in total. The lowest BCUT2D eigenvalue weighted by molar-refractivity contribution is 0.397. The van der Waals surface area contributed by atoms with Gasteiger partial charge in [0.1, 0.15) is 0 Å². The van der Waals surface area contributed by atoms with Crippen molar-refractivity contribution in [3.8, 4) is 5.88 Å². The number of pyridine rings is 1. The first-order chi connectivity index (χ1) is 8.28. The summed E-state index contributed by atoms with van der Waals surface area (Å²) in [7, 11) is 1.61. The van der Waals surface area contributed by atoms with Crippen molar-refractivity contribution in [3.63, 3.8) is 0 Å². The van der Waals surface area contributed by atoms with Crippen molar-refractivity contribution in [1.82, 2.24) is 4.98 Å². The second-order valence-corrected chi connectivity index (χ2v) is 3.68. The fourth-order valence-corrected chi connectivity index (χ4v) is 1.44. The summed E-state index contributed by atoms with van der Waals surface area (Å²) in [4.78, 5) is 4.14. The summed E-state index contributed by atoms with van der Waals surface area (Å²) in [6.45, 7) is 0.723. The van der Waals surface area contributed by atoms with Crippen LogP contribution in [0.25, 0.3) is 0 Å². The minimum Gasteiger partial charge on any atom is -0.481 e. The number of aromatic nitrogens is 1. The molecule has 2 rings (SSSR count). The van der Waals surface area contributed by atoms with Gasteiger partial charge >= 0.3 is 0 Å². The average molecular weight is 229 g/mol. The zero-order valence-electron chi connectivity index (χ0n) is 9.68. The molecule has 0 aliphatic carbocycles. The highest BCUT2D eigenvalue weighted by atomic mass is 16.5. The lowest BCUT2D eigenvalue weighted by Crippen LogP contribution is -2.00. The zero-order chi connectivity index (χ0) is 12.1. The van der Waals surface area contributed by atoms with Gasteiger partial charge in [0.15, 0.2) is 0 Å². The Balaban J connectivity index is 1.95. The standard InChI is InChI=1S/C13H15N3O/c1-17-13-7-2-10(9-16-13)8-15-12-5-3-11(14)4-6-12/h2-7,9,15H,8,14H2,1H3. The van der Waals surface area contributed by atoms with Gasteiger partial charge in [0, 0.05) is 30.2 Å². The second-order valence-electron chi connectivity index (χ2n) is 3.68. The van der Waals surface area contributed by atoms with Crippen LogP contribution >= 0.6 is 0 Å². The number of anilines is 2. The minimum atomic E-state index is 0.626. The van der Waals surface area contributed by atoms with Crippen LogP contribution in [0.1, 0.15) is 5.56 Å². The number of hydrogen-bond donors (Lipinski definition) is 2. The van der Waals surface area contributed by atoms with Crippen LogP contribution in [0.4, 0.5) is 11.4 Å². The summed E-state index contributed by atoms with van der Waals surface area (Å²) in [5, 5.41) is 3.29. The molecule has 0 atom stereocenters. The Bertz CT molecular complexity index is 465. The minimum absolute atomic E-state index is 0.626. The van der Waals surface area contributed by atoms with E-state index in [2.05, 4.69) is 10.3 Å². The molecular formula is C13H15N3O. The summed E-state index contributed by atoms with van der Waals surface area (Å²) in [5.41, 5.74) is 8.52. The van der Waals surface area contributed by atoms with Gasteiger partial charge in [-0.1, -0.05) is 6.07 Å². The lowest BCUT2D eigenvalue weighted by atomic mass is 10.2. The van der Waals surface area contributed by atoms with E-state index in [9.17, 15) is 0 Å². The van der Waals surface area contributed by atoms with E-state index in [0.29, 0.717) is 5.88 Å². The Morgan fingerprint density at radius 1 is 1.18 bits per heavy atom. The van der Waals surface area contributed by atoms with Crippen molar-refractivity contribution in [1.29, 1.82) is 0 Å². The van der Waals surface area contributed by atoms with Crippen LogP contribution in [0.15, 0.2) is 42.6 Å². The molecule has 1 aromatic carbocycles. The maximum Gasteiger partial charge on any atom is 0.212 e. The molecule has 0 fully saturated rings. The highest BCUT2D eigenvalue weighted by Crippen LogP contribution is 2.12. The summed E-state index contributed by atoms with van der Waals surface area (Å²) in [5.74, 6) is 0.626. The number of hydrogen-bond acceptors (Lipinski definition) is 4. The number of nitrogens with two attached hydrogens (primary N) is 1. The first-order valence-corrected chi connectivity index (χ1v) is 5.36. The molecule has 1 aromatic heterocycles. The van der Waals surface area contributed by atoms with Gasteiger partial charge in [0.05, 0.1) is 7.11 Å². The Morgan fingerprint density at radius 3 is 2.53 bits per heavy atom. The number of methoxy groups -OCH3 is 1. The smallest absolute Gasteiger partial charge is 0.212 e. The van der Waals surface area contributed by atoms with Crippen LogP contribution in [-0.2, 0) is 6.54 Å². The maximum atomic E-state index is 5.61. The average Bonchev–Trinajstić information content (AvgIpc) is 2.39. The molecule has 0 radical (unpaired) electrons. The summed E-state index contributed by atoms with van der Waals surface area (Å²) < 4.78 is 5.00. The molecule has 88 valence electrons.